The average Bonchev–Trinajstić information content (AvgIpc) is 2.05. The second kappa shape index (κ2) is 2.92. The van der Waals surface area contributed by atoms with Crippen molar-refractivity contribution in [2.45, 2.75) is 0 Å². The Morgan fingerprint density at radius 1 is 1.73 bits per heavy atom. The number of nitrogens with zero attached hydrogens (tertiary/aromatic N) is 2. The Kier molecular flexibility index (Phi) is 1.96. The molecule has 1 heterocycles. The molecule has 56 valence electrons. The molecule has 0 aliphatic carbocycles. The highest BCUT2D eigenvalue weighted by Crippen LogP contribution is 2.10. The Morgan fingerprint density at radius 2 is 2.45 bits per heavy atom. The van der Waals surface area contributed by atoms with E-state index < -0.39 is 4.92 Å². The Balaban J connectivity index is 3.10. The van der Waals surface area contributed by atoms with Gasteiger partial charge in [-0.15, -0.1) is 0 Å². The van der Waals surface area contributed by atoms with Crippen LogP contribution in [-0.2, 0) is 0 Å². The predicted octanol–water partition coefficient (Wildman–Crippen LogP) is 1.63. The van der Waals surface area contributed by atoms with Gasteiger partial charge in [0.25, 0.3) is 5.69 Å². The Bertz CT molecular complexity index is 296. The lowest BCUT2D eigenvalue weighted by atomic mass is 10.3. The Labute approximate surface area is 63.3 Å². The second-order valence-electron chi connectivity index (χ2n) is 1.90. The van der Waals surface area contributed by atoms with Crippen LogP contribution in [-0.4, -0.2) is 9.91 Å². The van der Waals surface area contributed by atoms with Crippen LogP contribution >= 0.6 is 0 Å². The van der Waals surface area contributed by atoms with E-state index in [1.807, 2.05) is 0 Å². The molecule has 4 nitrogen and oxygen atoms in total. The average molecular weight is 150 g/mol. The van der Waals surface area contributed by atoms with E-state index in [0.29, 0.717) is 5.69 Å². The van der Waals surface area contributed by atoms with Gasteiger partial charge < -0.3 is 0 Å². The Morgan fingerprint density at radius 3 is 3.00 bits per heavy atom. The van der Waals surface area contributed by atoms with Crippen molar-refractivity contribution < 1.29 is 4.92 Å². The van der Waals surface area contributed by atoms with Gasteiger partial charge in [-0.25, -0.2) is 0 Å². The summed E-state index contributed by atoms with van der Waals surface area (Å²) >= 11 is 0. The van der Waals surface area contributed by atoms with E-state index in [0.717, 1.165) is 0 Å². The van der Waals surface area contributed by atoms with Crippen molar-refractivity contribution in [3.63, 3.8) is 0 Å². The zero-order chi connectivity index (χ0) is 8.27. The first-order valence-corrected chi connectivity index (χ1v) is 2.97. The van der Waals surface area contributed by atoms with Crippen molar-refractivity contribution in [1.29, 1.82) is 0 Å². The van der Waals surface area contributed by atoms with Crippen LogP contribution in [0.15, 0.2) is 24.9 Å². The normalized spacial score (nSPS) is 9.09. The molecule has 0 unspecified atom stereocenters. The minimum Gasteiger partial charge on any atom is -0.258 e. The van der Waals surface area contributed by atoms with Gasteiger partial charge in [0.05, 0.1) is 10.6 Å². The zero-order valence-corrected chi connectivity index (χ0v) is 5.73. The van der Waals surface area contributed by atoms with E-state index in [2.05, 4.69) is 11.6 Å². The molecule has 0 atom stereocenters. The molecule has 0 aromatic carbocycles. The molecule has 0 spiro atoms. The fraction of sp³-hybridized carbons (Fsp3) is 0. The highest BCUT2D eigenvalue weighted by molar-refractivity contribution is 5.46. The van der Waals surface area contributed by atoms with Crippen LogP contribution in [0.2, 0.25) is 0 Å². The van der Waals surface area contributed by atoms with Crippen molar-refractivity contribution in [2.24, 2.45) is 0 Å². The fourth-order valence-electron chi connectivity index (χ4n) is 0.662. The summed E-state index contributed by atoms with van der Waals surface area (Å²) in [6.45, 7) is 3.45. The summed E-state index contributed by atoms with van der Waals surface area (Å²) in [6.07, 6.45) is 2.85. The molecule has 1 rings (SSSR count). The second-order valence-corrected chi connectivity index (χ2v) is 1.90. The van der Waals surface area contributed by atoms with Gasteiger partial charge in [-0.05, 0) is 6.08 Å². The largest absolute Gasteiger partial charge is 0.273 e. The molecule has 0 radical (unpaired) electrons. The summed E-state index contributed by atoms with van der Waals surface area (Å²) in [5, 5.41) is 10.2. The number of pyridine rings is 1. The van der Waals surface area contributed by atoms with Gasteiger partial charge in [0, 0.05) is 18.3 Å². The molecular formula is C7H6N2O2. The lowest BCUT2D eigenvalue weighted by molar-refractivity contribution is -0.384. The lowest BCUT2D eigenvalue weighted by Gasteiger charge is -1.91. The highest BCUT2D eigenvalue weighted by atomic mass is 16.6. The molecule has 4 heteroatoms. The van der Waals surface area contributed by atoms with Crippen molar-refractivity contribution in [3.8, 4) is 0 Å². The van der Waals surface area contributed by atoms with Gasteiger partial charge in [-0.2, -0.15) is 0 Å². The summed E-state index contributed by atoms with van der Waals surface area (Å²) in [6, 6.07) is 2.71. The smallest absolute Gasteiger partial charge is 0.258 e. The molecule has 0 aliphatic rings. The molecule has 11 heavy (non-hydrogen) atoms. The zero-order valence-electron chi connectivity index (χ0n) is 5.73. The van der Waals surface area contributed by atoms with Crippen LogP contribution < -0.4 is 0 Å². The summed E-state index contributed by atoms with van der Waals surface area (Å²) in [4.78, 5) is 13.6. The summed E-state index contributed by atoms with van der Waals surface area (Å²) in [5.41, 5.74) is 0.550. The third kappa shape index (κ3) is 1.61. The van der Waals surface area contributed by atoms with Crippen LogP contribution in [0, 0.1) is 10.1 Å². The molecule has 1 aromatic rings. The van der Waals surface area contributed by atoms with Crippen molar-refractivity contribution >= 4 is 11.8 Å². The van der Waals surface area contributed by atoms with Gasteiger partial charge in [0.2, 0.25) is 0 Å². The van der Waals surface area contributed by atoms with E-state index in [1.54, 1.807) is 0 Å². The van der Waals surface area contributed by atoms with Gasteiger partial charge in [-0.3, -0.25) is 15.1 Å². The van der Waals surface area contributed by atoms with Crippen LogP contribution in [0.25, 0.3) is 6.08 Å². The van der Waals surface area contributed by atoms with Gasteiger partial charge in [-0.1, -0.05) is 6.58 Å². The first-order chi connectivity index (χ1) is 5.24. The number of nitro groups is 1. The quantitative estimate of drug-likeness (QED) is 0.475. The molecule has 0 saturated heterocycles. The van der Waals surface area contributed by atoms with Crippen LogP contribution in [0.4, 0.5) is 5.69 Å². The molecular weight excluding hydrogens is 144 g/mol. The maximum Gasteiger partial charge on any atom is 0.273 e. The number of aromatic nitrogens is 1. The number of hydrogen-bond donors (Lipinski definition) is 0. The maximum atomic E-state index is 10.2. The number of rotatable bonds is 2. The standard InChI is InChI=1S/C7H6N2O2/c1-2-6-5-7(9(10)11)3-4-8-6/h2-5H,1H2. The van der Waals surface area contributed by atoms with Gasteiger partial charge >= 0.3 is 0 Å². The molecule has 0 saturated carbocycles. The molecule has 1 aromatic heterocycles. The van der Waals surface area contributed by atoms with Gasteiger partial charge in [0.15, 0.2) is 0 Å². The number of hydrogen-bond acceptors (Lipinski definition) is 3. The first-order valence-electron chi connectivity index (χ1n) is 2.97. The minimum absolute atomic E-state index is 0.0369. The van der Waals surface area contributed by atoms with Crippen molar-refractivity contribution in [1.82, 2.24) is 4.98 Å². The van der Waals surface area contributed by atoms with E-state index in [1.165, 1.54) is 24.4 Å². The van der Waals surface area contributed by atoms with Crippen LogP contribution in [0.3, 0.4) is 0 Å². The first kappa shape index (κ1) is 7.40. The van der Waals surface area contributed by atoms with E-state index >= 15 is 0 Å². The highest BCUT2D eigenvalue weighted by Gasteiger charge is 2.03. The third-order valence-corrected chi connectivity index (χ3v) is 1.18. The maximum absolute atomic E-state index is 10.2. The van der Waals surface area contributed by atoms with Crippen molar-refractivity contribution in [3.05, 3.63) is 40.7 Å². The molecule has 0 fully saturated rings. The third-order valence-electron chi connectivity index (χ3n) is 1.18. The van der Waals surface area contributed by atoms with E-state index in [4.69, 9.17) is 0 Å². The van der Waals surface area contributed by atoms with Crippen molar-refractivity contribution in [2.75, 3.05) is 0 Å². The molecule has 0 bridgehead atoms. The van der Waals surface area contributed by atoms with Gasteiger partial charge in [0.1, 0.15) is 0 Å². The minimum atomic E-state index is -0.464. The monoisotopic (exact) mass is 150 g/mol. The molecule has 0 N–H and O–H groups in total. The summed E-state index contributed by atoms with van der Waals surface area (Å²) in [5.74, 6) is 0. The summed E-state index contributed by atoms with van der Waals surface area (Å²) in [7, 11) is 0. The summed E-state index contributed by atoms with van der Waals surface area (Å²) < 4.78 is 0. The van der Waals surface area contributed by atoms with Crippen LogP contribution in [0.1, 0.15) is 5.69 Å². The SMILES string of the molecule is C=Cc1cc([N+](=O)[O-])ccn1. The van der Waals surface area contributed by atoms with E-state index in [9.17, 15) is 10.1 Å². The Hall–Kier alpha value is -1.71. The molecule has 0 amide bonds. The van der Waals surface area contributed by atoms with Crippen LogP contribution in [0.5, 0.6) is 0 Å². The lowest BCUT2D eigenvalue weighted by Crippen LogP contribution is -1.89. The predicted molar refractivity (Wildman–Crippen MR) is 41.0 cm³/mol. The fourth-order valence-corrected chi connectivity index (χ4v) is 0.662. The van der Waals surface area contributed by atoms with E-state index in [-0.39, 0.29) is 5.69 Å². The topological polar surface area (TPSA) is 56.0 Å². The molecule has 0 aliphatic heterocycles.